The first-order valence-electron chi connectivity index (χ1n) is 5.15. The third-order valence-electron chi connectivity index (χ3n) is 3.22. The number of hydrogen-bond acceptors (Lipinski definition) is 4. The van der Waals surface area contributed by atoms with Crippen molar-refractivity contribution < 1.29 is 19.4 Å². The summed E-state index contributed by atoms with van der Waals surface area (Å²) in [5, 5.41) is 10.3. The standard InChI is InChI=1S/C10H15BrO4/c1-9(4-3-8(12)15-9)7-2-5-10(13,6-11)14-7/h7,13H,2-6H2,1H3. The monoisotopic (exact) mass is 278 g/mol. The van der Waals surface area contributed by atoms with Crippen LogP contribution >= 0.6 is 15.9 Å². The van der Waals surface area contributed by atoms with Gasteiger partial charge in [0.2, 0.25) is 0 Å². The molecule has 4 nitrogen and oxygen atoms in total. The molecule has 2 fully saturated rings. The Bertz CT molecular complexity index is 283. The fraction of sp³-hybridized carbons (Fsp3) is 0.900. The zero-order valence-corrected chi connectivity index (χ0v) is 10.2. The number of carbonyl (C=O) groups excluding carboxylic acids is 1. The first-order valence-corrected chi connectivity index (χ1v) is 6.28. The Kier molecular flexibility index (Phi) is 2.81. The van der Waals surface area contributed by atoms with E-state index in [2.05, 4.69) is 15.9 Å². The van der Waals surface area contributed by atoms with E-state index in [1.807, 2.05) is 6.92 Å². The number of hydrogen-bond donors (Lipinski definition) is 1. The van der Waals surface area contributed by atoms with Gasteiger partial charge in [-0.1, -0.05) is 15.9 Å². The van der Waals surface area contributed by atoms with Crippen molar-refractivity contribution in [2.75, 3.05) is 5.33 Å². The molecular formula is C10H15BrO4. The van der Waals surface area contributed by atoms with E-state index in [0.717, 1.165) is 6.42 Å². The van der Waals surface area contributed by atoms with Crippen molar-refractivity contribution >= 4 is 21.9 Å². The predicted molar refractivity (Wildman–Crippen MR) is 56.6 cm³/mol. The number of ether oxygens (including phenoxy) is 2. The molecule has 0 saturated carbocycles. The SMILES string of the molecule is CC1(C2CCC(O)(CBr)O2)CCC(=O)O1. The van der Waals surface area contributed by atoms with Gasteiger partial charge >= 0.3 is 5.97 Å². The molecule has 0 aliphatic carbocycles. The minimum atomic E-state index is -1.09. The summed E-state index contributed by atoms with van der Waals surface area (Å²) in [6.45, 7) is 1.88. The molecule has 0 aromatic carbocycles. The Hall–Kier alpha value is -0.130. The van der Waals surface area contributed by atoms with Crippen molar-refractivity contribution in [3.05, 3.63) is 0 Å². The first kappa shape index (κ1) is 11.4. The third-order valence-corrected chi connectivity index (χ3v) is 4.10. The number of cyclic esters (lactones) is 1. The molecule has 2 heterocycles. The maximum absolute atomic E-state index is 11.1. The van der Waals surface area contributed by atoms with Gasteiger partial charge in [-0.25, -0.2) is 0 Å². The maximum atomic E-state index is 11.1. The van der Waals surface area contributed by atoms with Gasteiger partial charge in [0, 0.05) is 12.8 Å². The molecule has 2 aliphatic rings. The van der Waals surface area contributed by atoms with Crippen molar-refractivity contribution in [2.24, 2.45) is 0 Å². The molecule has 0 bridgehead atoms. The van der Waals surface area contributed by atoms with Crippen molar-refractivity contribution in [2.45, 2.75) is 50.1 Å². The summed E-state index contributed by atoms with van der Waals surface area (Å²) in [4.78, 5) is 11.1. The second kappa shape index (κ2) is 3.71. The molecule has 86 valence electrons. The van der Waals surface area contributed by atoms with Gasteiger partial charge < -0.3 is 14.6 Å². The van der Waals surface area contributed by atoms with Crippen LogP contribution in [0, 0.1) is 0 Å². The molecule has 1 N–H and O–H groups in total. The minimum absolute atomic E-state index is 0.171. The molecule has 15 heavy (non-hydrogen) atoms. The van der Waals surface area contributed by atoms with Crippen LogP contribution in [0.2, 0.25) is 0 Å². The van der Waals surface area contributed by atoms with E-state index in [1.54, 1.807) is 0 Å². The van der Waals surface area contributed by atoms with Crippen molar-refractivity contribution in [3.63, 3.8) is 0 Å². The molecule has 0 spiro atoms. The van der Waals surface area contributed by atoms with Gasteiger partial charge in [-0.3, -0.25) is 4.79 Å². The van der Waals surface area contributed by atoms with Crippen molar-refractivity contribution in [3.8, 4) is 0 Å². The Morgan fingerprint density at radius 2 is 2.33 bits per heavy atom. The molecule has 5 heteroatoms. The lowest BCUT2D eigenvalue weighted by Gasteiger charge is -2.30. The van der Waals surface area contributed by atoms with E-state index >= 15 is 0 Å². The zero-order chi connectivity index (χ0) is 11.1. The van der Waals surface area contributed by atoms with Crippen molar-refractivity contribution in [1.82, 2.24) is 0 Å². The van der Waals surface area contributed by atoms with Crippen LogP contribution in [0.1, 0.15) is 32.6 Å². The van der Waals surface area contributed by atoms with Crippen LogP contribution in [0.5, 0.6) is 0 Å². The quantitative estimate of drug-likeness (QED) is 0.612. The maximum Gasteiger partial charge on any atom is 0.306 e. The fourth-order valence-electron chi connectivity index (χ4n) is 2.21. The van der Waals surface area contributed by atoms with Gasteiger partial charge in [-0.05, 0) is 19.8 Å². The molecule has 0 aromatic rings. The third kappa shape index (κ3) is 2.05. The van der Waals surface area contributed by atoms with Crippen LogP contribution in [0.25, 0.3) is 0 Å². The van der Waals surface area contributed by atoms with Crippen LogP contribution in [0.4, 0.5) is 0 Å². The van der Waals surface area contributed by atoms with Gasteiger partial charge in [-0.2, -0.15) is 0 Å². The van der Waals surface area contributed by atoms with E-state index in [9.17, 15) is 9.90 Å². The summed E-state index contributed by atoms with van der Waals surface area (Å²) in [6.07, 6.45) is 2.24. The normalized spacial score (nSPS) is 45.8. The van der Waals surface area contributed by atoms with E-state index in [1.165, 1.54) is 0 Å². The highest BCUT2D eigenvalue weighted by molar-refractivity contribution is 9.09. The van der Waals surface area contributed by atoms with Gasteiger partial charge in [0.1, 0.15) is 11.7 Å². The molecule has 0 radical (unpaired) electrons. The lowest BCUT2D eigenvalue weighted by Crippen LogP contribution is -2.42. The number of rotatable bonds is 2. The van der Waals surface area contributed by atoms with Crippen LogP contribution in [-0.4, -0.2) is 33.9 Å². The van der Waals surface area contributed by atoms with E-state index in [0.29, 0.717) is 24.6 Å². The van der Waals surface area contributed by atoms with Crippen LogP contribution < -0.4 is 0 Å². The average molecular weight is 279 g/mol. The zero-order valence-electron chi connectivity index (χ0n) is 8.66. The number of carbonyl (C=O) groups is 1. The summed E-state index contributed by atoms with van der Waals surface area (Å²) >= 11 is 3.22. The highest BCUT2D eigenvalue weighted by atomic mass is 79.9. The topological polar surface area (TPSA) is 55.8 Å². The largest absolute Gasteiger partial charge is 0.457 e. The average Bonchev–Trinajstić information content (AvgIpc) is 2.73. The van der Waals surface area contributed by atoms with Gasteiger partial charge in [0.05, 0.1) is 5.33 Å². The number of esters is 1. The lowest BCUT2D eigenvalue weighted by molar-refractivity contribution is -0.211. The van der Waals surface area contributed by atoms with Gasteiger partial charge in [0.25, 0.3) is 0 Å². The predicted octanol–water partition coefficient (Wildman–Crippen LogP) is 1.34. The molecule has 2 saturated heterocycles. The number of alkyl halides is 1. The Balaban J connectivity index is 2.04. The van der Waals surface area contributed by atoms with Crippen molar-refractivity contribution in [1.29, 1.82) is 0 Å². The Morgan fingerprint density at radius 1 is 1.60 bits per heavy atom. The summed E-state index contributed by atoms with van der Waals surface area (Å²) < 4.78 is 10.8. The summed E-state index contributed by atoms with van der Waals surface area (Å²) in [6, 6.07) is 0. The summed E-state index contributed by atoms with van der Waals surface area (Å²) in [5.74, 6) is -1.27. The van der Waals surface area contributed by atoms with Crippen LogP contribution in [0.3, 0.4) is 0 Å². The van der Waals surface area contributed by atoms with Crippen LogP contribution in [0.15, 0.2) is 0 Å². The second-order valence-corrected chi connectivity index (χ2v) is 5.07. The molecule has 3 unspecified atom stereocenters. The van der Waals surface area contributed by atoms with E-state index < -0.39 is 11.4 Å². The second-order valence-electron chi connectivity index (χ2n) is 4.51. The molecule has 3 atom stereocenters. The smallest absolute Gasteiger partial charge is 0.306 e. The lowest BCUT2D eigenvalue weighted by atomic mass is 9.93. The Labute approximate surface area is 97.1 Å². The number of aliphatic hydroxyl groups is 1. The van der Waals surface area contributed by atoms with Gasteiger partial charge in [-0.15, -0.1) is 0 Å². The highest BCUT2D eigenvalue weighted by Crippen LogP contribution is 2.41. The summed E-state index contributed by atoms with van der Waals surface area (Å²) in [5.41, 5.74) is -0.552. The minimum Gasteiger partial charge on any atom is -0.457 e. The molecule has 0 aromatic heterocycles. The fourth-order valence-corrected chi connectivity index (χ4v) is 2.62. The van der Waals surface area contributed by atoms with Gasteiger partial charge in [0.15, 0.2) is 5.79 Å². The van der Waals surface area contributed by atoms with Crippen LogP contribution in [-0.2, 0) is 14.3 Å². The number of halogens is 1. The molecule has 0 amide bonds. The molecular weight excluding hydrogens is 264 g/mol. The van der Waals surface area contributed by atoms with E-state index in [-0.39, 0.29) is 12.1 Å². The van der Waals surface area contributed by atoms with E-state index in [4.69, 9.17) is 9.47 Å². The molecule has 2 rings (SSSR count). The Morgan fingerprint density at radius 3 is 2.80 bits per heavy atom. The summed E-state index contributed by atoms with van der Waals surface area (Å²) in [7, 11) is 0. The molecule has 2 aliphatic heterocycles. The first-order chi connectivity index (χ1) is 6.97. The highest BCUT2D eigenvalue weighted by Gasteiger charge is 2.50.